The van der Waals surface area contributed by atoms with Gasteiger partial charge in [-0.1, -0.05) is 12.1 Å². The van der Waals surface area contributed by atoms with E-state index < -0.39 is 0 Å². The Morgan fingerprint density at radius 1 is 1.10 bits per heavy atom. The van der Waals surface area contributed by atoms with Crippen LogP contribution in [0, 0.1) is 17.2 Å². The van der Waals surface area contributed by atoms with E-state index in [4.69, 9.17) is 10.00 Å². The Morgan fingerprint density at radius 2 is 1.86 bits per heavy atom. The second-order valence-corrected chi connectivity index (χ2v) is 6.11. The Kier molecular flexibility index (Phi) is 4.87. The number of nitrogens with zero attached hydrogens (tertiary/aromatic N) is 3. The Hall–Kier alpha value is -1.41. The maximum Gasteiger partial charge on any atom is 0.0991 e. The minimum atomic E-state index is 0.741. The zero-order valence-electron chi connectivity index (χ0n) is 12.5. The monoisotopic (exact) mass is 285 g/mol. The first-order valence-corrected chi connectivity index (χ1v) is 7.85. The van der Waals surface area contributed by atoms with Crippen molar-refractivity contribution in [1.29, 1.82) is 5.26 Å². The van der Waals surface area contributed by atoms with Gasteiger partial charge < -0.3 is 4.74 Å². The molecule has 2 saturated heterocycles. The van der Waals surface area contributed by atoms with Crippen LogP contribution in [0.2, 0.25) is 0 Å². The van der Waals surface area contributed by atoms with Gasteiger partial charge in [0.2, 0.25) is 0 Å². The number of benzene rings is 1. The van der Waals surface area contributed by atoms with Crippen molar-refractivity contribution >= 4 is 0 Å². The van der Waals surface area contributed by atoms with Crippen molar-refractivity contribution in [3.05, 3.63) is 35.4 Å². The summed E-state index contributed by atoms with van der Waals surface area (Å²) in [7, 11) is 0. The quantitative estimate of drug-likeness (QED) is 0.844. The molecule has 0 bridgehead atoms. The summed E-state index contributed by atoms with van der Waals surface area (Å²) >= 11 is 0. The van der Waals surface area contributed by atoms with Crippen molar-refractivity contribution in [3.8, 4) is 6.07 Å². The molecule has 2 fully saturated rings. The standard InChI is InChI=1S/C17H23N3O/c18-11-15-1-3-16(4-2-15)12-20-6-5-17(14-20)13-19-7-9-21-10-8-19/h1-4,17H,5-10,12-14H2/t17-/m1/s1. The topological polar surface area (TPSA) is 39.5 Å². The van der Waals surface area contributed by atoms with Crippen molar-refractivity contribution in [3.63, 3.8) is 0 Å². The second-order valence-electron chi connectivity index (χ2n) is 6.11. The van der Waals surface area contributed by atoms with Gasteiger partial charge in [-0.2, -0.15) is 5.26 Å². The molecule has 21 heavy (non-hydrogen) atoms. The second kappa shape index (κ2) is 7.04. The minimum Gasteiger partial charge on any atom is -0.379 e. The molecule has 2 aliphatic heterocycles. The van der Waals surface area contributed by atoms with Gasteiger partial charge in [0, 0.05) is 32.7 Å². The van der Waals surface area contributed by atoms with Crippen LogP contribution in [0.25, 0.3) is 0 Å². The van der Waals surface area contributed by atoms with Gasteiger partial charge in [-0.05, 0) is 36.6 Å². The lowest BCUT2D eigenvalue weighted by atomic mass is 10.1. The fourth-order valence-electron chi connectivity index (χ4n) is 3.30. The van der Waals surface area contributed by atoms with Gasteiger partial charge in [-0.3, -0.25) is 9.80 Å². The van der Waals surface area contributed by atoms with Crippen LogP contribution in [-0.2, 0) is 11.3 Å². The van der Waals surface area contributed by atoms with E-state index in [1.165, 1.54) is 31.6 Å². The number of rotatable bonds is 4. The van der Waals surface area contributed by atoms with E-state index in [1.807, 2.05) is 12.1 Å². The summed E-state index contributed by atoms with van der Waals surface area (Å²) in [5.41, 5.74) is 2.05. The third-order valence-electron chi connectivity index (χ3n) is 4.48. The Morgan fingerprint density at radius 3 is 2.57 bits per heavy atom. The lowest BCUT2D eigenvalue weighted by molar-refractivity contribution is 0.0311. The number of hydrogen-bond acceptors (Lipinski definition) is 4. The van der Waals surface area contributed by atoms with Gasteiger partial charge in [-0.25, -0.2) is 0 Å². The van der Waals surface area contributed by atoms with Crippen LogP contribution in [0.3, 0.4) is 0 Å². The first kappa shape index (κ1) is 14.5. The maximum atomic E-state index is 8.83. The van der Waals surface area contributed by atoms with E-state index in [0.717, 1.165) is 44.3 Å². The predicted molar refractivity (Wildman–Crippen MR) is 81.8 cm³/mol. The van der Waals surface area contributed by atoms with E-state index in [0.29, 0.717) is 0 Å². The summed E-state index contributed by atoms with van der Waals surface area (Å²) in [5, 5.41) is 8.83. The van der Waals surface area contributed by atoms with Crippen LogP contribution in [0.15, 0.2) is 24.3 Å². The molecule has 0 spiro atoms. The highest BCUT2D eigenvalue weighted by Gasteiger charge is 2.25. The predicted octanol–water partition coefficient (Wildman–Crippen LogP) is 1.71. The molecule has 1 aromatic carbocycles. The molecule has 0 N–H and O–H groups in total. The molecule has 1 atom stereocenters. The molecule has 0 aromatic heterocycles. The molecule has 0 aliphatic carbocycles. The van der Waals surface area contributed by atoms with Gasteiger partial charge >= 0.3 is 0 Å². The summed E-state index contributed by atoms with van der Waals surface area (Å²) in [5.74, 6) is 0.793. The zero-order chi connectivity index (χ0) is 14.5. The highest BCUT2D eigenvalue weighted by atomic mass is 16.5. The average molecular weight is 285 g/mol. The van der Waals surface area contributed by atoms with Gasteiger partial charge in [0.05, 0.1) is 24.8 Å². The SMILES string of the molecule is N#Cc1ccc(CN2CC[C@H](CN3CCOCC3)C2)cc1. The third kappa shape index (κ3) is 4.04. The van der Waals surface area contributed by atoms with Crippen LogP contribution < -0.4 is 0 Å². The number of likely N-dealkylation sites (tertiary alicyclic amines) is 1. The number of hydrogen-bond donors (Lipinski definition) is 0. The van der Waals surface area contributed by atoms with Crippen molar-refractivity contribution in [1.82, 2.24) is 9.80 Å². The van der Waals surface area contributed by atoms with Gasteiger partial charge in [-0.15, -0.1) is 0 Å². The molecule has 4 heteroatoms. The fraction of sp³-hybridized carbons (Fsp3) is 0.588. The number of morpholine rings is 1. The summed E-state index contributed by atoms with van der Waals surface area (Å²) in [6, 6.07) is 10.2. The van der Waals surface area contributed by atoms with Gasteiger partial charge in [0.25, 0.3) is 0 Å². The third-order valence-corrected chi connectivity index (χ3v) is 4.48. The summed E-state index contributed by atoms with van der Waals surface area (Å²) in [6.07, 6.45) is 1.30. The van der Waals surface area contributed by atoms with Crippen LogP contribution >= 0.6 is 0 Å². The zero-order valence-corrected chi connectivity index (χ0v) is 12.5. The molecule has 0 radical (unpaired) electrons. The van der Waals surface area contributed by atoms with Gasteiger partial charge in [0.1, 0.15) is 0 Å². The fourth-order valence-corrected chi connectivity index (χ4v) is 3.30. The molecule has 0 amide bonds. The molecule has 2 heterocycles. The van der Waals surface area contributed by atoms with Crippen molar-refractivity contribution in [2.75, 3.05) is 45.9 Å². The molecule has 0 saturated carbocycles. The van der Waals surface area contributed by atoms with Crippen molar-refractivity contribution < 1.29 is 4.74 Å². The average Bonchev–Trinajstić information content (AvgIpc) is 2.96. The number of nitriles is 1. The highest BCUT2D eigenvalue weighted by Crippen LogP contribution is 2.20. The van der Waals surface area contributed by atoms with E-state index >= 15 is 0 Å². The van der Waals surface area contributed by atoms with E-state index in [2.05, 4.69) is 28.0 Å². The first-order valence-electron chi connectivity index (χ1n) is 7.85. The molecule has 0 unspecified atom stereocenters. The highest BCUT2D eigenvalue weighted by molar-refractivity contribution is 5.31. The van der Waals surface area contributed by atoms with Crippen LogP contribution in [-0.4, -0.2) is 55.7 Å². The minimum absolute atomic E-state index is 0.741. The lowest BCUT2D eigenvalue weighted by Crippen LogP contribution is -2.39. The number of ether oxygens (including phenoxy) is 1. The van der Waals surface area contributed by atoms with E-state index in [9.17, 15) is 0 Å². The van der Waals surface area contributed by atoms with Crippen LogP contribution in [0.5, 0.6) is 0 Å². The first-order chi connectivity index (χ1) is 10.3. The van der Waals surface area contributed by atoms with Gasteiger partial charge in [0.15, 0.2) is 0 Å². The molecular formula is C17H23N3O. The molecular weight excluding hydrogens is 262 g/mol. The van der Waals surface area contributed by atoms with Crippen LogP contribution in [0.1, 0.15) is 17.5 Å². The van der Waals surface area contributed by atoms with Crippen molar-refractivity contribution in [2.24, 2.45) is 5.92 Å². The lowest BCUT2D eigenvalue weighted by Gasteiger charge is -2.29. The summed E-state index contributed by atoms with van der Waals surface area (Å²) < 4.78 is 5.41. The normalized spacial score (nSPS) is 24.0. The van der Waals surface area contributed by atoms with E-state index in [1.54, 1.807) is 0 Å². The Balaban J connectivity index is 1.46. The molecule has 2 aliphatic rings. The van der Waals surface area contributed by atoms with Crippen LogP contribution in [0.4, 0.5) is 0 Å². The molecule has 4 nitrogen and oxygen atoms in total. The summed E-state index contributed by atoms with van der Waals surface area (Å²) in [6.45, 7) is 8.56. The molecule has 1 aromatic rings. The largest absolute Gasteiger partial charge is 0.379 e. The summed E-state index contributed by atoms with van der Waals surface area (Å²) in [4.78, 5) is 5.08. The van der Waals surface area contributed by atoms with Crippen molar-refractivity contribution in [2.45, 2.75) is 13.0 Å². The smallest absolute Gasteiger partial charge is 0.0991 e. The molecule has 112 valence electrons. The Labute approximate surface area is 126 Å². The maximum absolute atomic E-state index is 8.83. The van der Waals surface area contributed by atoms with E-state index in [-0.39, 0.29) is 0 Å². The Bertz CT molecular complexity index is 488. The molecule has 3 rings (SSSR count).